The number of likely N-dealkylation sites (tertiary alicyclic amines) is 1. The highest BCUT2D eigenvalue weighted by atomic mass is 16.5. The topological polar surface area (TPSA) is 66.0 Å². The molecule has 0 radical (unpaired) electrons. The van der Waals surface area contributed by atoms with Crippen LogP contribution in [-0.2, 0) is 9.53 Å². The highest BCUT2D eigenvalue weighted by molar-refractivity contribution is 5.81. The van der Waals surface area contributed by atoms with Crippen molar-refractivity contribution >= 4 is 11.9 Å². The predicted octanol–water partition coefficient (Wildman–Crippen LogP) is 2.15. The van der Waals surface area contributed by atoms with Crippen LogP contribution in [-0.4, -0.2) is 62.2 Å². The lowest BCUT2D eigenvalue weighted by Crippen LogP contribution is -2.45. The van der Waals surface area contributed by atoms with Crippen LogP contribution in [0, 0.1) is 11.8 Å². The van der Waals surface area contributed by atoms with Crippen molar-refractivity contribution in [2.75, 3.05) is 39.4 Å². The summed E-state index contributed by atoms with van der Waals surface area (Å²) in [7, 11) is 0. The normalized spacial score (nSPS) is 24.3. The third-order valence-electron chi connectivity index (χ3n) is 5.66. The lowest BCUT2D eigenvalue weighted by Gasteiger charge is -2.21. The molecule has 1 heterocycles. The zero-order valence-electron chi connectivity index (χ0n) is 16.3. The second kappa shape index (κ2) is 10.1. The molecule has 3 rings (SSSR count). The first-order valence-corrected chi connectivity index (χ1v) is 10.7. The molecule has 0 spiro atoms. The van der Waals surface area contributed by atoms with Crippen LogP contribution < -0.4 is 10.6 Å². The van der Waals surface area contributed by atoms with E-state index in [1.54, 1.807) is 0 Å². The molecule has 1 amide bonds. The smallest absolute Gasteiger partial charge is 0.225 e. The summed E-state index contributed by atoms with van der Waals surface area (Å²) >= 11 is 0. The molecule has 0 bridgehead atoms. The lowest BCUT2D eigenvalue weighted by molar-refractivity contribution is -0.134. The van der Waals surface area contributed by atoms with Crippen LogP contribution in [0.4, 0.5) is 0 Å². The van der Waals surface area contributed by atoms with Gasteiger partial charge >= 0.3 is 0 Å². The summed E-state index contributed by atoms with van der Waals surface area (Å²) in [5, 5.41) is 6.84. The van der Waals surface area contributed by atoms with E-state index in [1.807, 2.05) is 0 Å². The molecule has 3 aliphatic rings. The fourth-order valence-electron chi connectivity index (χ4n) is 3.91. The van der Waals surface area contributed by atoms with Crippen LogP contribution in [0.15, 0.2) is 4.99 Å². The highest BCUT2D eigenvalue weighted by Crippen LogP contribution is 2.29. The fourth-order valence-corrected chi connectivity index (χ4v) is 3.91. The Morgan fingerprint density at radius 3 is 2.73 bits per heavy atom. The number of carbonyl (C=O) groups is 1. The van der Waals surface area contributed by atoms with Gasteiger partial charge in [0.25, 0.3) is 0 Å². The number of guanidine groups is 1. The fraction of sp³-hybridized carbons (Fsp3) is 0.900. The molecule has 2 saturated carbocycles. The molecule has 1 atom stereocenters. The van der Waals surface area contributed by atoms with Crippen LogP contribution in [0.3, 0.4) is 0 Å². The van der Waals surface area contributed by atoms with Crippen molar-refractivity contribution in [3.05, 3.63) is 0 Å². The average Bonchev–Trinajstić information content (AvgIpc) is 3.12. The molecule has 6 heteroatoms. The Balaban J connectivity index is 1.36. The van der Waals surface area contributed by atoms with Gasteiger partial charge in [0, 0.05) is 51.4 Å². The molecular weight excluding hydrogens is 328 g/mol. The molecule has 3 fully saturated rings. The zero-order valence-corrected chi connectivity index (χ0v) is 16.3. The summed E-state index contributed by atoms with van der Waals surface area (Å²) in [4.78, 5) is 19.3. The first-order chi connectivity index (χ1) is 12.8. The van der Waals surface area contributed by atoms with Crippen molar-refractivity contribution in [1.82, 2.24) is 15.5 Å². The Bertz CT molecular complexity index is 472. The van der Waals surface area contributed by atoms with Gasteiger partial charge in [0.15, 0.2) is 5.96 Å². The molecule has 0 aromatic heterocycles. The maximum absolute atomic E-state index is 12.6. The van der Waals surface area contributed by atoms with E-state index in [0.29, 0.717) is 11.9 Å². The van der Waals surface area contributed by atoms with Crippen LogP contribution in [0.1, 0.15) is 58.3 Å². The maximum atomic E-state index is 12.6. The number of rotatable bonds is 9. The van der Waals surface area contributed by atoms with Crippen molar-refractivity contribution in [2.24, 2.45) is 16.8 Å². The Hall–Kier alpha value is -1.30. The Kier molecular flexibility index (Phi) is 7.59. The molecule has 2 aliphatic carbocycles. The number of nitrogens with zero attached hydrogens (tertiary/aromatic N) is 2. The van der Waals surface area contributed by atoms with E-state index in [2.05, 4.69) is 27.4 Å². The number of carbonyl (C=O) groups excluding carboxylic acids is 1. The molecule has 148 valence electrons. The van der Waals surface area contributed by atoms with Gasteiger partial charge in [0.05, 0.1) is 0 Å². The van der Waals surface area contributed by atoms with E-state index >= 15 is 0 Å². The molecular formula is C20H36N4O2. The maximum Gasteiger partial charge on any atom is 0.225 e. The molecule has 1 saturated heterocycles. The van der Waals surface area contributed by atoms with E-state index in [4.69, 9.17) is 4.74 Å². The number of hydrogen-bond acceptors (Lipinski definition) is 3. The third kappa shape index (κ3) is 6.15. The second-order valence-electron chi connectivity index (χ2n) is 8.03. The lowest BCUT2D eigenvalue weighted by atomic mass is 10.1. The van der Waals surface area contributed by atoms with Crippen LogP contribution in [0.25, 0.3) is 0 Å². The average molecular weight is 365 g/mol. The molecule has 1 unspecified atom stereocenters. The number of amides is 1. The van der Waals surface area contributed by atoms with Crippen LogP contribution in [0.2, 0.25) is 0 Å². The number of ether oxygens (including phenoxy) is 1. The summed E-state index contributed by atoms with van der Waals surface area (Å²) < 4.78 is 5.67. The third-order valence-corrected chi connectivity index (χ3v) is 5.66. The van der Waals surface area contributed by atoms with Crippen LogP contribution >= 0.6 is 0 Å². The second-order valence-corrected chi connectivity index (χ2v) is 8.03. The summed E-state index contributed by atoms with van der Waals surface area (Å²) in [6.45, 7) is 7.12. The van der Waals surface area contributed by atoms with Gasteiger partial charge in [-0.25, -0.2) is 0 Å². The largest absolute Gasteiger partial charge is 0.381 e. The van der Waals surface area contributed by atoms with Gasteiger partial charge in [-0.05, 0) is 51.4 Å². The first kappa shape index (κ1) is 19.5. The van der Waals surface area contributed by atoms with Gasteiger partial charge in [-0.15, -0.1) is 0 Å². The summed E-state index contributed by atoms with van der Waals surface area (Å²) in [6.07, 6.45) is 9.25. The minimum atomic E-state index is 0.284. The molecule has 6 nitrogen and oxygen atoms in total. The van der Waals surface area contributed by atoms with Gasteiger partial charge in [0.1, 0.15) is 0 Å². The summed E-state index contributed by atoms with van der Waals surface area (Å²) in [5.41, 5.74) is 0. The van der Waals surface area contributed by atoms with E-state index in [0.717, 1.165) is 77.0 Å². The van der Waals surface area contributed by atoms with Crippen molar-refractivity contribution < 1.29 is 9.53 Å². The summed E-state index contributed by atoms with van der Waals surface area (Å²) in [6, 6.07) is 0.310. The summed E-state index contributed by atoms with van der Waals surface area (Å²) in [5.74, 6) is 2.36. The molecule has 0 aromatic carbocycles. The predicted molar refractivity (Wildman–Crippen MR) is 104 cm³/mol. The Labute approximate surface area is 158 Å². The van der Waals surface area contributed by atoms with Gasteiger partial charge in [-0.3, -0.25) is 9.79 Å². The highest BCUT2D eigenvalue weighted by Gasteiger charge is 2.32. The molecule has 2 N–H and O–H groups in total. The SMILES string of the molecule is CCNC(=NCCCOCC1CC1)NC1CCN(C(=O)C2CCCC2)C1. The van der Waals surface area contributed by atoms with Gasteiger partial charge in [0.2, 0.25) is 5.91 Å². The molecule has 26 heavy (non-hydrogen) atoms. The van der Waals surface area contributed by atoms with Crippen LogP contribution in [0.5, 0.6) is 0 Å². The van der Waals surface area contributed by atoms with E-state index < -0.39 is 0 Å². The van der Waals surface area contributed by atoms with Gasteiger partial charge in [-0.2, -0.15) is 0 Å². The molecule has 1 aliphatic heterocycles. The quantitative estimate of drug-likeness (QED) is 0.374. The van der Waals surface area contributed by atoms with Gasteiger partial charge in [-0.1, -0.05) is 12.8 Å². The first-order valence-electron chi connectivity index (χ1n) is 10.7. The van der Waals surface area contributed by atoms with Crippen molar-refractivity contribution in [3.63, 3.8) is 0 Å². The minimum absolute atomic E-state index is 0.284. The monoisotopic (exact) mass is 364 g/mol. The number of aliphatic imine (C=N–C) groups is 1. The van der Waals surface area contributed by atoms with Gasteiger partial charge < -0.3 is 20.3 Å². The van der Waals surface area contributed by atoms with E-state index in [-0.39, 0.29) is 5.92 Å². The Morgan fingerprint density at radius 1 is 1.19 bits per heavy atom. The zero-order chi connectivity index (χ0) is 18.2. The van der Waals surface area contributed by atoms with Crippen molar-refractivity contribution in [2.45, 2.75) is 64.3 Å². The van der Waals surface area contributed by atoms with Crippen molar-refractivity contribution in [1.29, 1.82) is 0 Å². The number of nitrogens with one attached hydrogen (secondary N) is 2. The standard InChI is InChI=1S/C20H36N4O2/c1-2-21-20(22-11-5-13-26-15-16-8-9-16)23-18-10-12-24(14-18)19(25)17-6-3-4-7-17/h16-18H,2-15H2,1H3,(H2,21,22,23). The van der Waals surface area contributed by atoms with E-state index in [9.17, 15) is 4.79 Å². The molecule has 0 aromatic rings. The minimum Gasteiger partial charge on any atom is -0.381 e. The van der Waals surface area contributed by atoms with Crippen molar-refractivity contribution in [3.8, 4) is 0 Å². The van der Waals surface area contributed by atoms with E-state index in [1.165, 1.54) is 25.7 Å². The number of hydrogen-bond donors (Lipinski definition) is 2. The Morgan fingerprint density at radius 2 is 2.00 bits per heavy atom.